The molecule has 0 amide bonds. The van der Waals surface area contributed by atoms with Gasteiger partial charge < -0.3 is 14.2 Å². The number of ether oxygens (including phenoxy) is 3. The quantitative estimate of drug-likeness (QED) is 0.652. The molecule has 0 bridgehead atoms. The largest absolute Gasteiger partial charge is 0.494 e. The molecule has 1 atom stereocenters. The molecule has 0 saturated carbocycles. The van der Waals surface area contributed by atoms with Gasteiger partial charge in [-0.1, -0.05) is 19.1 Å². The molecule has 20 heavy (non-hydrogen) atoms. The Morgan fingerprint density at radius 1 is 1.10 bits per heavy atom. The Morgan fingerprint density at radius 3 is 2.35 bits per heavy atom. The van der Waals surface area contributed by atoms with E-state index in [2.05, 4.69) is 6.92 Å². The number of benzene rings is 1. The maximum Gasteiger partial charge on any atom is 0.335 e. The number of carbonyl (C=O) groups excluding carboxylic acids is 1. The molecule has 1 aromatic carbocycles. The fraction of sp³-hybridized carbons (Fsp3) is 0.562. The highest BCUT2D eigenvalue weighted by atomic mass is 16.6. The van der Waals surface area contributed by atoms with E-state index in [-0.39, 0.29) is 5.97 Å². The smallest absolute Gasteiger partial charge is 0.335 e. The molecule has 0 saturated heterocycles. The number of hydrogen-bond donors (Lipinski definition) is 0. The first kappa shape index (κ1) is 16.5. The summed E-state index contributed by atoms with van der Waals surface area (Å²) in [7, 11) is 0. The highest BCUT2D eigenvalue weighted by Crippen LogP contribution is 2.15. The minimum absolute atomic E-state index is 0.305. The van der Waals surface area contributed by atoms with Crippen molar-refractivity contribution >= 4 is 5.97 Å². The van der Waals surface area contributed by atoms with Gasteiger partial charge in [0, 0.05) is 13.0 Å². The molecule has 4 nitrogen and oxygen atoms in total. The van der Waals surface area contributed by atoms with E-state index in [1.807, 2.05) is 31.2 Å². The Kier molecular flexibility index (Phi) is 7.73. The maximum atomic E-state index is 11.8. The predicted octanol–water partition coefficient (Wildman–Crippen LogP) is 2.99. The first-order valence-corrected chi connectivity index (χ1v) is 7.21. The van der Waals surface area contributed by atoms with E-state index in [4.69, 9.17) is 14.2 Å². The maximum absolute atomic E-state index is 11.8. The van der Waals surface area contributed by atoms with Crippen molar-refractivity contribution in [2.24, 2.45) is 0 Å². The Labute approximate surface area is 121 Å². The van der Waals surface area contributed by atoms with Crippen molar-refractivity contribution in [1.29, 1.82) is 0 Å². The molecule has 1 rings (SSSR count). The minimum atomic E-state index is -0.539. The van der Waals surface area contributed by atoms with Gasteiger partial charge in [-0.15, -0.1) is 0 Å². The topological polar surface area (TPSA) is 44.8 Å². The number of esters is 1. The van der Waals surface area contributed by atoms with Gasteiger partial charge in [0.1, 0.15) is 5.75 Å². The molecular weight excluding hydrogens is 256 g/mol. The number of carbonyl (C=O) groups is 1. The highest BCUT2D eigenvalue weighted by Gasteiger charge is 2.20. The first-order valence-electron chi connectivity index (χ1n) is 7.21. The van der Waals surface area contributed by atoms with Crippen LogP contribution in [0.4, 0.5) is 0 Å². The monoisotopic (exact) mass is 280 g/mol. The van der Waals surface area contributed by atoms with Crippen molar-refractivity contribution in [3.63, 3.8) is 0 Å². The van der Waals surface area contributed by atoms with E-state index in [9.17, 15) is 4.79 Å². The van der Waals surface area contributed by atoms with Crippen LogP contribution in [0.25, 0.3) is 0 Å². The van der Waals surface area contributed by atoms with Crippen molar-refractivity contribution in [1.82, 2.24) is 0 Å². The molecule has 0 radical (unpaired) electrons. The molecule has 0 spiro atoms. The van der Waals surface area contributed by atoms with Gasteiger partial charge in [0.25, 0.3) is 0 Å². The van der Waals surface area contributed by atoms with Crippen LogP contribution in [0.5, 0.6) is 5.75 Å². The van der Waals surface area contributed by atoms with Crippen molar-refractivity contribution < 1.29 is 19.0 Å². The molecule has 0 heterocycles. The summed E-state index contributed by atoms with van der Waals surface area (Å²) in [5.41, 5.74) is 1.03. The summed E-state index contributed by atoms with van der Waals surface area (Å²) < 4.78 is 16.0. The molecule has 0 N–H and O–H groups in total. The normalized spacial score (nSPS) is 11.9. The van der Waals surface area contributed by atoms with Crippen LogP contribution in [0, 0.1) is 0 Å². The summed E-state index contributed by atoms with van der Waals surface area (Å²) in [6.07, 6.45) is 0.958. The average Bonchev–Trinajstić information content (AvgIpc) is 2.46. The van der Waals surface area contributed by atoms with Gasteiger partial charge in [-0.05, 0) is 38.0 Å². The molecule has 112 valence electrons. The van der Waals surface area contributed by atoms with Gasteiger partial charge >= 0.3 is 5.97 Å². The molecule has 0 fully saturated rings. The summed E-state index contributed by atoms with van der Waals surface area (Å²) in [4.78, 5) is 11.8. The number of rotatable bonds is 9. The fourth-order valence-corrected chi connectivity index (χ4v) is 1.80. The van der Waals surface area contributed by atoms with E-state index < -0.39 is 6.10 Å². The number of hydrogen-bond acceptors (Lipinski definition) is 4. The molecule has 0 aliphatic rings. The highest BCUT2D eigenvalue weighted by molar-refractivity contribution is 5.75. The van der Waals surface area contributed by atoms with Crippen LogP contribution >= 0.6 is 0 Å². The zero-order valence-electron chi connectivity index (χ0n) is 12.6. The summed E-state index contributed by atoms with van der Waals surface area (Å²) >= 11 is 0. The Hall–Kier alpha value is -1.55. The van der Waals surface area contributed by atoms with E-state index >= 15 is 0 Å². The van der Waals surface area contributed by atoms with Crippen LogP contribution < -0.4 is 4.74 Å². The van der Waals surface area contributed by atoms with Crippen LogP contribution in [-0.4, -0.2) is 31.9 Å². The summed E-state index contributed by atoms with van der Waals surface area (Å²) in [6, 6.07) is 7.74. The van der Waals surface area contributed by atoms with Gasteiger partial charge in [-0.2, -0.15) is 0 Å². The van der Waals surface area contributed by atoms with Crippen LogP contribution in [0.15, 0.2) is 24.3 Å². The van der Waals surface area contributed by atoms with Crippen molar-refractivity contribution in [2.45, 2.75) is 39.7 Å². The second-order valence-electron chi connectivity index (χ2n) is 4.39. The lowest BCUT2D eigenvalue weighted by atomic mass is 10.1. The summed E-state index contributed by atoms with van der Waals surface area (Å²) in [5.74, 6) is 0.542. The Bertz CT molecular complexity index is 386. The van der Waals surface area contributed by atoms with Crippen molar-refractivity contribution in [3.8, 4) is 5.75 Å². The molecular formula is C16H24O4. The first-order chi connectivity index (χ1) is 9.71. The zero-order valence-corrected chi connectivity index (χ0v) is 12.6. The predicted molar refractivity (Wildman–Crippen MR) is 78.0 cm³/mol. The lowest BCUT2D eigenvalue weighted by Crippen LogP contribution is -2.28. The minimum Gasteiger partial charge on any atom is -0.494 e. The SMILES string of the molecule is CCCOc1ccc(C[C@H](OCC)C(=O)OCC)cc1. The summed E-state index contributed by atoms with van der Waals surface area (Å²) in [6.45, 7) is 7.30. The van der Waals surface area contributed by atoms with Crippen LogP contribution in [-0.2, 0) is 20.7 Å². The van der Waals surface area contributed by atoms with Crippen LogP contribution in [0.2, 0.25) is 0 Å². The van der Waals surface area contributed by atoms with Gasteiger partial charge in [-0.25, -0.2) is 4.79 Å². The average molecular weight is 280 g/mol. The van der Waals surface area contributed by atoms with E-state index in [1.165, 1.54) is 0 Å². The fourth-order valence-electron chi connectivity index (χ4n) is 1.80. The Balaban J connectivity index is 2.61. The third-order valence-corrected chi connectivity index (χ3v) is 2.73. The zero-order chi connectivity index (χ0) is 14.8. The van der Waals surface area contributed by atoms with Crippen molar-refractivity contribution in [3.05, 3.63) is 29.8 Å². The third-order valence-electron chi connectivity index (χ3n) is 2.73. The second kappa shape index (κ2) is 9.37. The van der Waals surface area contributed by atoms with Crippen molar-refractivity contribution in [2.75, 3.05) is 19.8 Å². The molecule has 0 aliphatic carbocycles. The van der Waals surface area contributed by atoms with Gasteiger partial charge in [0.05, 0.1) is 13.2 Å². The van der Waals surface area contributed by atoms with E-state index in [0.717, 1.165) is 17.7 Å². The van der Waals surface area contributed by atoms with Crippen LogP contribution in [0.3, 0.4) is 0 Å². The van der Waals surface area contributed by atoms with Gasteiger partial charge in [0.15, 0.2) is 6.10 Å². The second-order valence-corrected chi connectivity index (χ2v) is 4.39. The molecule has 0 aliphatic heterocycles. The van der Waals surface area contributed by atoms with E-state index in [1.54, 1.807) is 6.92 Å². The summed E-state index contributed by atoms with van der Waals surface area (Å²) in [5, 5.41) is 0. The molecule has 0 unspecified atom stereocenters. The van der Waals surface area contributed by atoms with Gasteiger partial charge in [0.2, 0.25) is 0 Å². The Morgan fingerprint density at radius 2 is 1.80 bits per heavy atom. The van der Waals surface area contributed by atoms with Crippen LogP contribution in [0.1, 0.15) is 32.8 Å². The third kappa shape index (κ3) is 5.61. The standard InChI is InChI=1S/C16H24O4/c1-4-11-20-14-9-7-13(8-10-14)12-15(18-5-2)16(17)19-6-3/h7-10,15H,4-6,11-12H2,1-3H3/t15-/m0/s1. The molecule has 4 heteroatoms. The lowest BCUT2D eigenvalue weighted by molar-refractivity contribution is -0.156. The molecule has 0 aromatic heterocycles. The van der Waals surface area contributed by atoms with Gasteiger partial charge in [-0.3, -0.25) is 0 Å². The molecule has 1 aromatic rings. The van der Waals surface area contributed by atoms with E-state index in [0.29, 0.717) is 26.2 Å². The lowest BCUT2D eigenvalue weighted by Gasteiger charge is -2.15.